The van der Waals surface area contributed by atoms with Crippen LogP contribution in [0.2, 0.25) is 0 Å². The van der Waals surface area contributed by atoms with Gasteiger partial charge in [0.1, 0.15) is 0 Å². The van der Waals surface area contributed by atoms with E-state index in [2.05, 4.69) is 57.3 Å². The largest absolute Gasteiger partial charge is 0.387 e. The van der Waals surface area contributed by atoms with Crippen LogP contribution in [0, 0.1) is 11.8 Å². The molecule has 1 atom stereocenters. The maximum absolute atomic E-state index is 10.2. The fraction of sp³-hybridized carbons (Fsp3) is 0.667. The standard InChI is InChI=1S/C18H31NO/c1-5-15(6-2)12-19-13-18(20)17-9-7-16(8-10-17)11-14(3)4/h7-10,14-15,18-20H,5-6,11-13H2,1-4H3. The molecule has 114 valence electrons. The average Bonchev–Trinajstić information content (AvgIpc) is 2.43. The van der Waals surface area contributed by atoms with Crippen LogP contribution in [0.1, 0.15) is 57.8 Å². The van der Waals surface area contributed by atoms with Crippen molar-refractivity contribution in [3.8, 4) is 0 Å². The highest BCUT2D eigenvalue weighted by molar-refractivity contribution is 5.24. The van der Waals surface area contributed by atoms with Crippen molar-refractivity contribution in [3.05, 3.63) is 35.4 Å². The SMILES string of the molecule is CCC(CC)CNCC(O)c1ccc(CC(C)C)cc1. The Labute approximate surface area is 124 Å². The number of nitrogens with one attached hydrogen (secondary N) is 1. The molecule has 0 fully saturated rings. The van der Waals surface area contributed by atoms with Crippen molar-refractivity contribution in [1.82, 2.24) is 5.32 Å². The van der Waals surface area contributed by atoms with Crippen LogP contribution < -0.4 is 5.32 Å². The van der Waals surface area contributed by atoms with E-state index in [1.54, 1.807) is 0 Å². The van der Waals surface area contributed by atoms with Crippen molar-refractivity contribution in [1.29, 1.82) is 0 Å². The van der Waals surface area contributed by atoms with Crippen LogP contribution in [-0.4, -0.2) is 18.2 Å². The number of aliphatic hydroxyl groups is 1. The van der Waals surface area contributed by atoms with E-state index in [0.29, 0.717) is 12.5 Å². The van der Waals surface area contributed by atoms with Gasteiger partial charge in [-0.15, -0.1) is 0 Å². The third-order valence-corrected chi connectivity index (χ3v) is 3.93. The first kappa shape index (κ1) is 17.2. The van der Waals surface area contributed by atoms with E-state index in [1.807, 2.05) is 0 Å². The summed E-state index contributed by atoms with van der Waals surface area (Å²) in [5.74, 6) is 1.39. The van der Waals surface area contributed by atoms with E-state index in [-0.39, 0.29) is 0 Å². The number of aliphatic hydroxyl groups excluding tert-OH is 1. The predicted molar refractivity (Wildman–Crippen MR) is 86.9 cm³/mol. The maximum Gasteiger partial charge on any atom is 0.0914 e. The van der Waals surface area contributed by atoms with Gasteiger partial charge in [-0.25, -0.2) is 0 Å². The van der Waals surface area contributed by atoms with E-state index in [0.717, 1.165) is 24.4 Å². The first-order valence-electron chi connectivity index (χ1n) is 8.04. The van der Waals surface area contributed by atoms with Crippen LogP contribution in [-0.2, 0) is 6.42 Å². The Balaban J connectivity index is 2.41. The van der Waals surface area contributed by atoms with Crippen LogP contribution in [0.25, 0.3) is 0 Å². The molecule has 0 radical (unpaired) electrons. The number of rotatable bonds is 9. The Morgan fingerprint density at radius 1 is 1.00 bits per heavy atom. The predicted octanol–water partition coefficient (Wildman–Crippen LogP) is 3.94. The minimum atomic E-state index is -0.405. The Hall–Kier alpha value is -0.860. The molecule has 0 amide bonds. The first-order valence-corrected chi connectivity index (χ1v) is 8.04. The Kier molecular flexibility index (Phi) is 7.86. The normalized spacial score (nSPS) is 13.2. The third-order valence-electron chi connectivity index (χ3n) is 3.93. The lowest BCUT2D eigenvalue weighted by atomic mass is 10.00. The van der Waals surface area contributed by atoms with Gasteiger partial charge in [0, 0.05) is 6.54 Å². The van der Waals surface area contributed by atoms with Gasteiger partial charge in [0.2, 0.25) is 0 Å². The minimum Gasteiger partial charge on any atom is -0.387 e. The molecular weight excluding hydrogens is 246 g/mol. The number of hydrogen-bond acceptors (Lipinski definition) is 2. The highest BCUT2D eigenvalue weighted by atomic mass is 16.3. The molecule has 0 saturated heterocycles. The van der Waals surface area contributed by atoms with Gasteiger partial charge in [-0.05, 0) is 35.9 Å². The molecule has 1 aromatic carbocycles. The lowest BCUT2D eigenvalue weighted by molar-refractivity contribution is 0.172. The number of benzene rings is 1. The second-order valence-corrected chi connectivity index (χ2v) is 6.20. The van der Waals surface area contributed by atoms with Gasteiger partial charge in [-0.3, -0.25) is 0 Å². The van der Waals surface area contributed by atoms with Crippen LogP contribution in [0.15, 0.2) is 24.3 Å². The smallest absolute Gasteiger partial charge is 0.0914 e. The monoisotopic (exact) mass is 277 g/mol. The molecule has 0 aliphatic rings. The van der Waals surface area contributed by atoms with Gasteiger partial charge < -0.3 is 10.4 Å². The molecule has 1 rings (SSSR count). The van der Waals surface area contributed by atoms with Crippen molar-refractivity contribution in [2.24, 2.45) is 11.8 Å². The molecule has 0 aliphatic carbocycles. The van der Waals surface area contributed by atoms with Crippen molar-refractivity contribution >= 4 is 0 Å². The fourth-order valence-corrected chi connectivity index (χ4v) is 2.47. The summed E-state index contributed by atoms with van der Waals surface area (Å²) >= 11 is 0. The third kappa shape index (κ3) is 6.06. The van der Waals surface area contributed by atoms with E-state index in [9.17, 15) is 5.11 Å². The van der Waals surface area contributed by atoms with E-state index < -0.39 is 6.10 Å². The van der Waals surface area contributed by atoms with Gasteiger partial charge in [0.05, 0.1) is 6.10 Å². The molecule has 2 N–H and O–H groups in total. The van der Waals surface area contributed by atoms with Crippen molar-refractivity contribution in [2.75, 3.05) is 13.1 Å². The highest BCUT2D eigenvalue weighted by Gasteiger charge is 2.09. The van der Waals surface area contributed by atoms with Crippen LogP contribution in [0.4, 0.5) is 0 Å². The minimum absolute atomic E-state index is 0.405. The molecular formula is C18H31NO. The summed E-state index contributed by atoms with van der Waals surface area (Å²) in [6.07, 6.45) is 3.09. The fourth-order valence-electron chi connectivity index (χ4n) is 2.47. The second-order valence-electron chi connectivity index (χ2n) is 6.20. The molecule has 1 unspecified atom stereocenters. The summed E-state index contributed by atoms with van der Waals surface area (Å²) in [7, 11) is 0. The second kappa shape index (κ2) is 9.15. The van der Waals surface area contributed by atoms with Crippen LogP contribution in [0.3, 0.4) is 0 Å². The Bertz CT molecular complexity index is 354. The molecule has 1 aromatic rings. The summed E-state index contributed by atoms with van der Waals surface area (Å²) in [5.41, 5.74) is 2.36. The quantitative estimate of drug-likeness (QED) is 0.716. The summed E-state index contributed by atoms with van der Waals surface area (Å²) in [6.45, 7) is 10.5. The molecule has 0 saturated carbocycles. The lowest BCUT2D eigenvalue weighted by Gasteiger charge is -2.16. The van der Waals surface area contributed by atoms with E-state index in [4.69, 9.17) is 0 Å². The van der Waals surface area contributed by atoms with Crippen molar-refractivity contribution in [2.45, 2.75) is 53.1 Å². The highest BCUT2D eigenvalue weighted by Crippen LogP contribution is 2.15. The summed E-state index contributed by atoms with van der Waals surface area (Å²) in [5, 5.41) is 13.6. The topological polar surface area (TPSA) is 32.3 Å². The van der Waals surface area contributed by atoms with E-state index in [1.165, 1.54) is 18.4 Å². The Morgan fingerprint density at radius 3 is 2.10 bits per heavy atom. The van der Waals surface area contributed by atoms with Gasteiger partial charge in [-0.2, -0.15) is 0 Å². The molecule has 20 heavy (non-hydrogen) atoms. The molecule has 0 heterocycles. The lowest BCUT2D eigenvalue weighted by Crippen LogP contribution is -2.27. The maximum atomic E-state index is 10.2. The zero-order valence-corrected chi connectivity index (χ0v) is 13.5. The summed E-state index contributed by atoms with van der Waals surface area (Å²) < 4.78 is 0. The van der Waals surface area contributed by atoms with Gasteiger partial charge >= 0.3 is 0 Å². The van der Waals surface area contributed by atoms with Gasteiger partial charge in [0.15, 0.2) is 0 Å². The Morgan fingerprint density at radius 2 is 1.60 bits per heavy atom. The van der Waals surface area contributed by atoms with Crippen molar-refractivity contribution < 1.29 is 5.11 Å². The molecule has 0 spiro atoms. The molecule has 2 nitrogen and oxygen atoms in total. The van der Waals surface area contributed by atoms with Gasteiger partial charge in [-0.1, -0.05) is 64.8 Å². The first-order chi connectivity index (χ1) is 9.56. The average molecular weight is 277 g/mol. The zero-order chi connectivity index (χ0) is 15.0. The van der Waals surface area contributed by atoms with Crippen LogP contribution in [0.5, 0.6) is 0 Å². The molecule has 0 aliphatic heterocycles. The number of hydrogen-bond donors (Lipinski definition) is 2. The molecule has 0 bridgehead atoms. The van der Waals surface area contributed by atoms with Crippen LogP contribution >= 0.6 is 0 Å². The van der Waals surface area contributed by atoms with Crippen molar-refractivity contribution in [3.63, 3.8) is 0 Å². The summed E-state index contributed by atoms with van der Waals surface area (Å²) in [6, 6.07) is 8.39. The molecule has 0 aromatic heterocycles. The van der Waals surface area contributed by atoms with Gasteiger partial charge in [0.25, 0.3) is 0 Å². The summed E-state index contributed by atoms with van der Waals surface area (Å²) in [4.78, 5) is 0. The zero-order valence-electron chi connectivity index (χ0n) is 13.5. The van der Waals surface area contributed by atoms with E-state index >= 15 is 0 Å². The molecule has 2 heteroatoms.